The summed E-state index contributed by atoms with van der Waals surface area (Å²) in [5.41, 5.74) is 7.12. The number of ether oxygens (including phenoxy) is 1. The average molecular weight is 609 g/mol. The van der Waals surface area contributed by atoms with E-state index >= 15 is 0 Å². The first-order chi connectivity index (χ1) is 19.5. The molecule has 2 aromatic carbocycles. The maximum Gasteiger partial charge on any atom is 0.178 e. The Kier molecular flexibility index (Phi) is 8.33. The third-order valence-corrected chi connectivity index (χ3v) is 7.74. The summed E-state index contributed by atoms with van der Waals surface area (Å²) < 4.78 is 36.1. The molecule has 1 saturated carbocycles. The molecule has 0 radical (unpaired) electrons. The first-order valence-electron chi connectivity index (χ1n) is 12.8. The summed E-state index contributed by atoms with van der Waals surface area (Å²) >= 11 is 12.0. The molecule has 3 aromatic rings. The quantitative estimate of drug-likeness (QED) is 0.173. The maximum absolute atomic E-state index is 14.6. The number of nitrogens with zero attached hydrogens (tertiary/aromatic N) is 5. The number of hydrogen-bond donors (Lipinski definition) is 4. The molecular formula is C27H28Cl2F2N6O4. The van der Waals surface area contributed by atoms with Crippen molar-refractivity contribution < 1.29 is 28.8 Å². The van der Waals surface area contributed by atoms with Crippen LogP contribution in [0.1, 0.15) is 47.6 Å². The van der Waals surface area contributed by atoms with Crippen LogP contribution >= 0.6 is 23.2 Å². The van der Waals surface area contributed by atoms with Crippen molar-refractivity contribution in [2.24, 2.45) is 10.8 Å². The minimum Gasteiger partial charge on any atom is -0.397 e. The van der Waals surface area contributed by atoms with Crippen LogP contribution in [0.3, 0.4) is 0 Å². The minimum atomic E-state index is -1.54. The van der Waals surface area contributed by atoms with E-state index in [0.717, 1.165) is 35.7 Å². The highest BCUT2D eigenvalue weighted by atomic mass is 35.5. The van der Waals surface area contributed by atoms with E-state index in [4.69, 9.17) is 33.7 Å². The molecule has 5 rings (SSSR count). The number of aromatic nitrogens is 3. The van der Waals surface area contributed by atoms with Crippen LogP contribution in [0, 0.1) is 18.6 Å². The molecule has 1 aromatic heterocycles. The lowest BCUT2D eigenvalue weighted by Crippen LogP contribution is -2.60. The van der Waals surface area contributed by atoms with Gasteiger partial charge in [0.05, 0.1) is 23.0 Å². The number of nitrogens with two attached hydrogens (primary N) is 1. The molecule has 0 amide bonds. The van der Waals surface area contributed by atoms with Crippen LogP contribution < -0.4 is 5.73 Å². The molecule has 5 N–H and O–H groups in total. The van der Waals surface area contributed by atoms with Gasteiger partial charge >= 0.3 is 0 Å². The first-order valence-corrected chi connectivity index (χ1v) is 13.5. The topological polar surface area (TPSA) is 142 Å². The van der Waals surface area contributed by atoms with Crippen LogP contribution in [0.2, 0.25) is 10.0 Å². The van der Waals surface area contributed by atoms with E-state index in [1.807, 2.05) is 6.07 Å². The summed E-state index contributed by atoms with van der Waals surface area (Å²) in [5.74, 6) is -1.68. The zero-order valence-corrected chi connectivity index (χ0v) is 23.3. The Morgan fingerprint density at radius 3 is 2.61 bits per heavy atom. The van der Waals surface area contributed by atoms with Crippen LogP contribution in [0.25, 0.3) is 11.4 Å². The van der Waals surface area contributed by atoms with Crippen LogP contribution in [-0.2, 0) is 4.74 Å². The standard InChI is InChI=1S/C27H28Cl2F2N6O4/c1-12-34-27(37(35-12)19-9-14(28)5-6-15(19)13-3-4-13)26-25(40)23(24(39)20(11-38)41-26)36(33-2)10-18(32)16-7-8-17(29)22(31)21(16)30/h5-10,13,20,23-26,38-40H,2-4,11,32H2,1H3/b18-10-/t20-,23+,24+,25-,26-/m1/s1. The van der Waals surface area contributed by atoms with E-state index in [2.05, 4.69) is 21.9 Å². The van der Waals surface area contributed by atoms with Gasteiger partial charge in [0, 0.05) is 23.5 Å². The molecule has 1 aliphatic carbocycles. The van der Waals surface area contributed by atoms with Gasteiger partial charge < -0.3 is 25.8 Å². The van der Waals surface area contributed by atoms with Crippen molar-refractivity contribution >= 4 is 35.6 Å². The van der Waals surface area contributed by atoms with Gasteiger partial charge in [0.25, 0.3) is 0 Å². The van der Waals surface area contributed by atoms with Gasteiger partial charge in [-0.25, -0.2) is 18.4 Å². The van der Waals surface area contributed by atoms with E-state index in [-0.39, 0.29) is 17.1 Å². The number of halogens is 4. The zero-order valence-electron chi connectivity index (χ0n) is 21.8. The second-order valence-electron chi connectivity index (χ2n) is 9.98. The van der Waals surface area contributed by atoms with Crippen LogP contribution in [0.5, 0.6) is 0 Å². The van der Waals surface area contributed by atoms with Crippen molar-refractivity contribution in [2.75, 3.05) is 6.61 Å². The summed E-state index contributed by atoms with van der Waals surface area (Å²) in [5, 5.41) is 42.2. The van der Waals surface area contributed by atoms with E-state index in [9.17, 15) is 24.1 Å². The summed E-state index contributed by atoms with van der Waals surface area (Å²) in [7, 11) is 0. The second-order valence-corrected chi connectivity index (χ2v) is 10.8. The number of aryl methyl sites for hydroxylation is 1. The molecule has 218 valence electrons. The fourth-order valence-corrected chi connectivity index (χ4v) is 5.35. The van der Waals surface area contributed by atoms with Crippen molar-refractivity contribution in [1.82, 2.24) is 19.8 Å². The van der Waals surface area contributed by atoms with E-state index in [1.54, 1.807) is 19.1 Å². The molecule has 2 heterocycles. The number of aliphatic hydroxyl groups is 3. The molecular weight excluding hydrogens is 581 g/mol. The number of benzene rings is 2. The third kappa shape index (κ3) is 5.55. The van der Waals surface area contributed by atoms with Crippen molar-refractivity contribution in [3.63, 3.8) is 0 Å². The fraction of sp³-hybridized carbons (Fsp3) is 0.370. The van der Waals surface area contributed by atoms with E-state index in [1.165, 1.54) is 10.7 Å². The maximum atomic E-state index is 14.6. The smallest absolute Gasteiger partial charge is 0.178 e. The zero-order chi connectivity index (χ0) is 29.6. The summed E-state index contributed by atoms with van der Waals surface area (Å²) in [6.07, 6.45) is -2.38. The Bertz CT molecular complexity index is 1500. The minimum absolute atomic E-state index is 0.196. The number of hydrazone groups is 1. The highest BCUT2D eigenvalue weighted by Crippen LogP contribution is 2.44. The molecule has 2 fully saturated rings. The molecule has 0 unspecified atom stereocenters. The monoisotopic (exact) mass is 608 g/mol. The third-order valence-electron chi connectivity index (χ3n) is 7.21. The predicted octanol–water partition coefficient (Wildman–Crippen LogP) is 3.44. The highest BCUT2D eigenvalue weighted by molar-refractivity contribution is 6.31. The molecule has 41 heavy (non-hydrogen) atoms. The number of hydrogen-bond acceptors (Lipinski definition) is 9. The van der Waals surface area contributed by atoms with Gasteiger partial charge in [-0.3, -0.25) is 5.01 Å². The van der Waals surface area contributed by atoms with Crippen LogP contribution in [-0.4, -0.2) is 72.8 Å². The van der Waals surface area contributed by atoms with E-state index < -0.39 is 53.7 Å². The predicted molar refractivity (Wildman–Crippen MR) is 149 cm³/mol. The molecule has 0 spiro atoms. The van der Waals surface area contributed by atoms with Gasteiger partial charge in [-0.1, -0.05) is 29.3 Å². The van der Waals surface area contributed by atoms with Gasteiger partial charge in [0.2, 0.25) is 0 Å². The molecule has 0 bridgehead atoms. The van der Waals surface area contributed by atoms with Gasteiger partial charge in [0.1, 0.15) is 36.3 Å². The Morgan fingerprint density at radius 1 is 1.22 bits per heavy atom. The van der Waals surface area contributed by atoms with Crippen molar-refractivity contribution in [2.45, 2.75) is 56.1 Å². The first kappa shape index (κ1) is 29.4. The van der Waals surface area contributed by atoms with Crippen molar-refractivity contribution in [1.29, 1.82) is 0 Å². The summed E-state index contributed by atoms with van der Waals surface area (Å²) in [6.45, 7) is 4.53. The Morgan fingerprint density at radius 2 is 1.95 bits per heavy atom. The van der Waals surface area contributed by atoms with Gasteiger partial charge in [0.15, 0.2) is 17.5 Å². The average Bonchev–Trinajstić information content (AvgIpc) is 3.72. The van der Waals surface area contributed by atoms with Crippen molar-refractivity contribution in [3.05, 3.63) is 81.0 Å². The number of rotatable bonds is 8. The highest BCUT2D eigenvalue weighted by Gasteiger charge is 2.49. The number of aliphatic hydroxyl groups excluding tert-OH is 3. The van der Waals surface area contributed by atoms with E-state index in [0.29, 0.717) is 22.5 Å². The van der Waals surface area contributed by atoms with Crippen LogP contribution in [0.15, 0.2) is 41.6 Å². The molecule has 2 aliphatic rings. The van der Waals surface area contributed by atoms with Gasteiger partial charge in [-0.15, -0.1) is 0 Å². The fourth-order valence-electron chi connectivity index (χ4n) is 5.04. The Hall–Kier alpha value is -3.13. The molecule has 14 heteroatoms. The molecule has 5 atom stereocenters. The largest absolute Gasteiger partial charge is 0.397 e. The summed E-state index contributed by atoms with van der Waals surface area (Å²) in [4.78, 5) is 4.51. The van der Waals surface area contributed by atoms with Crippen molar-refractivity contribution in [3.8, 4) is 5.69 Å². The SMILES string of the molecule is C=NN(/C=C(\N)c1ccc(Cl)c(F)c1F)[C@H]1[C@@H](O)[C@@H](CO)O[C@@H](c2nc(C)nn2-c2cc(Cl)ccc2C2CC2)[C@@H]1O. The molecule has 1 aliphatic heterocycles. The summed E-state index contributed by atoms with van der Waals surface area (Å²) in [6, 6.07) is 6.47. The van der Waals surface area contributed by atoms with Gasteiger partial charge in [-0.05, 0) is 55.5 Å². The lowest BCUT2D eigenvalue weighted by Gasteiger charge is -2.44. The second kappa shape index (κ2) is 11.6. The van der Waals surface area contributed by atoms with Crippen LogP contribution in [0.4, 0.5) is 8.78 Å². The van der Waals surface area contributed by atoms with Gasteiger partial charge in [-0.2, -0.15) is 10.2 Å². The molecule has 1 saturated heterocycles. The Balaban J connectivity index is 1.56. The normalized spacial score (nSPS) is 24.9. The molecule has 10 nitrogen and oxygen atoms in total. The Labute approximate surface area is 244 Å². The lowest BCUT2D eigenvalue weighted by atomic mass is 9.91. The lowest BCUT2D eigenvalue weighted by molar-refractivity contribution is -0.214.